The third kappa shape index (κ3) is 2.28. The summed E-state index contributed by atoms with van der Waals surface area (Å²) >= 11 is 0. The Hall–Kier alpha value is -2.30. The summed E-state index contributed by atoms with van der Waals surface area (Å²) in [6.07, 6.45) is 3.69. The molecule has 3 N–H and O–H groups in total. The molecular weight excluding hydrogens is 218 g/mol. The highest BCUT2D eigenvalue weighted by molar-refractivity contribution is 5.47. The number of hydrogen-bond donors (Lipinski definition) is 2. The van der Waals surface area contributed by atoms with Gasteiger partial charge in [0.05, 0.1) is 10.7 Å². The van der Waals surface area contributed by atoms with Gasteiger partial charge in [0.15, 0.2) is 0 Å². The zero-order chi connectivity index (χ0) is 12.4. The molecule has 2 rings (SSSR count). The lowest BCUT2D eigenvalue weighted by molar-refractivity contribution is -0.385. The fourth-order valence-electron chi connectivity index (χ4n) is 1.94. The van der Waals surface area contributed by atoms with Crippen LogP contribution in [0.3, 0.4) is 0 Å². The Morgan fingerprint density at radius 1 is 1.35 bits per heavy atom. The standard InChI is InChI=1S/C12H13N3O2/c1-8-6-9(7-12(13)14-8)10-4-2-3-5-11(10)15(16)17/h2-7,9,14H,13H2,1H3. The van der Waals surface area contributed by atoms with Gasteiger partial charge >= 0.3 is 0 Å². The van der Waals surface area contributed by atoms with Crippen molar-refractivity contribution in [3.8, 4) is 0 Å². The van der Waals surface area contributed by atoms with Crippen molar-refractivity contribution in [3.05, 3.63) is 63.6 Å². The van der Waals surface area contributed by atoms with Gasteiger partial charge in [-0.1, -0.05) is 24.3 Å². The van der Waals surface area contributed by atoms with Gasteiger partial charge in [-0.2, -0.15) is 0 Å². The first-order chi connectivity index (χ1) is 8.08. The minimum absolute atomic E-state index is 0.118. The molecule has 1 unspecified atom stereocenters. The van der Waals surface area contributed by atoms with E-state index in [0.29, 0.717) is 11.4 Å². The van der Waals surface area contributed by atoms with Crippen molar-refractivity contribution in [1.29, 1.82) is 0 Å². The second-order valence-corrected chi connectivity index (χ2v) is 3.94. The molecule has 0 amide bonds. The number of para-hydroxylation sites is 1. The van der Waals surface area contributed by atoms with Gasteiger partial charge in [0, 0.05) is 23.2 Å². The van der Waals surface area contributed by atoms with Crippen LogP contribution in [0.25, 0.3) is 0 Å². The van der Waals surface area contributed by atoms with E-state index in [4.69, 9.17) is 5.73 Å². The third-order valence-electron chi connectivity index (χ3n) is 2.62. The number of nitrogens with one attached hydrogen (secondary N) is 1. The van der Waals surface area contributed by atoms with Gasteiger partial charge in [0.2, 0.25) is 0 Å². The first-order valence-corrected chi connectivity index (χ1v) is 5.24. The summed E-state index contributed by atoms with van der Waals surface area (Å²) in [5, 5.41) is 13.9. The van der Waals surface area contributed by atoms with Crippen LogP contribution in [0.5, 0.6) is 0 Å². The second-order valence-electron chi connectivity index (χ2n) is 3.94. The maximum absolute atomic E-state index is 10.9. The number of allylic oxidation sites excluding steroid dienone is 3. The minimum atomic E-state index is -0.370. The molecule has 0 fully saturated rings. The normalized spacial score (nSPS) is 19.0. The fraction of sp³-hybridized carbons (Fsp3) is 0.167. The Morgan fingerprint density at radius 2 is 2.06 bits per heavy atom. The molecule has 1 aromatic rings. The van der Waals surface area contributed by atoms with E-state index in [-0.39, 0.29) is 16.5 Å². The summed E-state index contributed by atoms with van der Waals surface area (Å²) in [5.74, 6) is 0.367. The van der Waals surface area contributed by atoms with Gasteiger partial charge in [-0.05, 0) is 13.0 Å². The number of nitro benzene ring substituents is 1. The number of nitrogens with zero attached hydrogens (tertiary/aromatic N) is 1. The lowest BCUT2D eigenvalue weighted by Crippen LogP contribution is -2.22. The SMILES string of the molecule is CC1=CC(c2ccccc2[N+](=O)[O-])C=C(N)N1. The van der Waals surface area contributed by atoms with Crippen LogP contribution >= 0.6 is 0 Å². The van der Waals surface area contributed by atoms with Crippen LogP contribution in [0.1, 0.15) is 18.4 Å². The average molecular weight is 231 g/mol. The Kier molecular flexibility index (Phi) is 2.82. The van der Waals surface area contributed by atoms with Crippen molar-refractivity contribution in [2.24, 2.45) is 5.73 Å². The lowest BCUT2D eigenvalue weighted by atomic mass is 9.94. The van der Waals surface area contributed by atoms with E-state index in [2.05, 4.69) is 5.32 Å². The average Bonchev–Trinajstić information content (AvgIpc) is 2.27. The molecule has 1 heterocycles. The van der Waals surface area contributed by atoms with E-state index in [1.807, 2.05) is 13.0 Å². The molecule has 1 atom stereocenters. The van der Waals surface area contributed by atoms with E-state index < -0.39 is 0 Å². The summed E-state index contributed by atoms with van der Waals surface area (Å²) in [6, 6.07) is 6.70. The van der Waals surface area contributed by atoms with Crippen molar-refractivity contribution in [2.45, 2.75) is 12.8 Å². The molecule has 0 spiro atoms. The molecular formula is C12H13N3O2. The molecule has 0 radical (unpaired) electrons. The molecule has 1 aliphatic heterocycles. The number of dihydropyridines is 1. The van der Waals surface area contributed by atoms with Gasteiger partial charge < -0.3 is 11.1 Å². The Morgan fingerprint density at radius 3 is 2.71 bits per heavy atom. The molecule has 17 heavy (non-hydrogen) atoms. The highest BCUT2D eigenvalue weighted by Gasteiger charge is 2.20. The molecule has 0 saturated heterocycles. The topological polar surface area (TPSA) is 81.2 Å². The van der Waals surface area contributed by atoms with Crippen LogP contribution in [0.2, 0.25) is 0 Å². The van der Waals surface area contributed by atoms with Crippen molar-refractivity contribution in [3.63, 3.8) is 0 Å². The minimum Gasteiger partial charge on any atom is -0.386 e. The number of benzene rings is 1. The van der Waals surface area contributed by atoms with E-state index >= 15 is 0 Å². The number of nitro groups is 1. The largest absolute Gasteiger partial charge is 0.386 e. The van der Waals surface area contributed by atoms with Gasteiger partial charge in [0.1, 0.15) is 0 Å². The summed E-state index contributed by atoms with van der Waals surface area (Å²) in [4.78, 5) is 10.6. The van der Waals surface area contributed by atoms with Crippen LogP contribution < -0.4 is 11.1 Å². The van der Waals surface area contributed by atoms with Crippen molar-refractivity contribution >= 4 is 5.69 Å². The fourth-order valence-corrected chi connectivity index (χ4v) is 1.94. The Bertz CT molecular complexity index is 502. The Balaban J connectivity index is 2.47. The molecule has 5 nitrogen and oxygen atoms in total. The van der Waals surface area contributed by atoms with Crippen molar-refractivity contribution < 1.29 is 4.92 Å². The molecule has 88 valence electrons. The number of hydrogen-bond acceptors (Lipinski definition) is 4. The van der Waals surface area contributed by atoms with Gasteiger partial charge in [-0.15, -0.1) is 0 Å². The van der Waals surface area contributed by atoms with E-state index in [1.165, 1.54) is 6.07 Å². The highest BCUT2D eigenvalue weighted by atomic mass is 16.6. The lowest BCUT2D eigenvalue weighted by Gasteiger charge is -2.18. The third-order valence-corrected chi connectivity index (χ3v) is 2.62. The van der Waals surface area contributed by atoms with E-state index in [0.717, 1.165) is 5.70 Å². The maximum atomic E-state index is 10.9. The second kappa shape index (κ2) is 4.29. The Labute approximate surface area is 98.8 Å². The van der Waals surface area contributed by atoms with Crippen LogP contribution in [-0.4, -0.2) is 4.92 Å². The van der Waals surface area contributed by atoms with Crippen molar-refractivity contribution in [1.82, 2.24) is 5.32 Å². The highest BCUT2D eigenvalue weighted by Crippen LogP contribution is 2.30. The summed E-state index contributed by atoms with van der Waals surface area (Å²) in [6.45, 7) is 1.88. The van der Waals surface area contributed by atoms with Crippen LogP contribution in [0.4, 0.5) is 5.69 Å². The first kappa shape index (κ1) is 11.2. The van der Waals surface area contributed by atoms with Crippen LogP contribution in [0.15, 0.2) is 47.9 Å². The zero-order valence-corrected chi connectivity index (χ0v) is 9.38. The molecule has 0 bridgehead atoms. The van der Waals surface area contributed by atoms with Gasteiger partial charge in [-0.25, -0.2) is 0 Å². The van der Waals surface area contributed by atoms with E-state index in [9.17, 15) is 10.1 Å². The molecule has 1 aromatic carbocycles. The predicted molar refractivity (Wildman–Crippen MR) is 65.0 cm³/mol. The van der Waals surface area contributed by atoms with Gasteiger partial charge in [-0.3, -0.25) is 10.1 Å². The van der Waals surface area contributed by atoms with E-state index in [1.54, 1.807) is 24.3 Å². The predicted octanol–water partition coefficient (Wildman–Crippen LogP) is 1.99. The number of rotatable bonds is 2. The van der Waals surface area contributed by atoms with Crippen LogP contribution in [-0.2, 0) is 0 Å². The summed E-state index contributed by atoms with van der Waals surface area (Å²) in [5.41, 5.74) is 7.39. The van der Waals surface area contributed by atoms with Crippen LogP contribution in [0, 0.1) is 10.1 Å². The molecule has 5 heteroatoms. The molecule has 0 aliphatic carbocycles. The first-order valence-electron chi connectivity index (χ1n) is 5.24. The zero-order valence-electron chi connectivity index (χ0n) is 9.38. The summed E-state index contributed by atoms with van der Waals surface area (Å²) < 4.78 is 0. The smallest absolute Gasteiger partial charge is 0.273 e. The monoisotopic (exact) mass is 231 g/mol. The summed E-state index contributed by atoms with van der Waals surface area (Å²) in [7, 11) is 0. The molecule has 0 aromatic heterocycles. The molecule has 1 aliphatic rings. The van der Waals surface area contributed by atoms with Gasteiger partial charge in [0.25, 0.3) is 5.69 Å². The van der Waals surface area contributed by atoms with Crippen molar-refractivity contribution in [2.75, 3.05) is 0 Å². The quantitative estimate of drug-likeness (QED) is 0.602. The number of nitrogens with two attached hydrogens (primary N) is 1. The maximum Gasteiger partial charge on any atom is 0.273 e. The molecule has 0 saturated carbocycles.